The van der Waals surface area contributed by atoms with Gasteiger partial charge in [0.2, 0.25) is 5.91 Å². The van der Waals surface area contributed by atoms with Gasteiger partial charge in [0.05, 0.1) is 12.2 Å². The molecule has 0 radical (unpaired) electrons. The van der Waals surface area contributed by atoms with Gasteiger partial charge in [0.15, 0.2) is 0 Å². The highest BCUT2D eigenvalue weighted by molar-refractivity contribution is 7.99. The lowest BCUT2D eigenvalue weighted by atomic mass is 10.2. The zero-order valence-corrected chi connectivity index (χ0v) is 12.1. The van der Waals surface area contributed by atoms with Crippen molar-refractivity contribution in [3.05, 3.63) is 47.7 Å². The Morgan fingerprint density at radius 1 is 1.50 bits per heavy atom. The number of benzene rings is 1. The number of carbonyl (C=O) groups excluding carboxylic acids is 1. The molecule has 0 bridgehead atoms. The number of amides is 1. The number of hydrogen-bond donors (Lipinski definition) is 0. The van der Waals surface area contributed by atoms with Crippen LogP contribution in [0.25, 0.3) is 0 Å². The van der Waals surface area contributed by atoms with Gasteiger partial charge < -0.3 is 9.64 Å². The van der Waals surface area contributed by atoms with E-state index in [4.69, 9.17) is 4.74 Å². The number of carbonyl (C=O) groups is 1. The first-order chi connectivity index (χ1) is 9.74. The molecule has 3 nitrogen and oxygen atoms in total. The fourth-order valence-corrected chi connectivity index (χ4v) is 3.10. The van der Waals surface area contributed by atoms with E-state index in [0.717, 1.165) is 22.1 Å². The molecule has 0 unspecified atom stereocenters. The molecule has 0 saturated carbocycles. The third kappa shape index (κ3) is 2.67. The lowest BCUT2D eigenvalue weighted by Crippen LogP contribution is -2.36. The first kappa shape index (κ1) is 13.1. The molecule has 1 amide bonds. The lowest BCUT2D eigenvalue weighted by molar-refractivity contribution is -0.116. The highest BCUT2D eigenvalue weighted by Crippen LogP contribution is 2.35. The van der Waals surface area contributed by atoms with E-state index in [-0.39, 0.29) is 5.91 Å². The van der Waals surface area contributed by atoms with E-state index in [1.807, 2.05) is 30.4 Å². The number of thioether (sulfide) groups is 1. The minimum Gasteiger partial charge on any atom is -0.489 e. The van der Waals surface area contributed by atoms with Gasteiger partial charge in [0.1, 0.15) is 12.4 Å². The molecule has 3 rings (SSSR count). The summed E-state index contributed by atoms with van der Waals surface area (Å²) in [6.45, 7) is 2.76. The molecule has 1 aliphatic heterocycles. The summed E-state index contributed by atoms with van der Waals surface area (Å²) in [5, 5.41) is 0. The maximum atomic E-state index is 11.6. The van der Waals surface area contributed by atoms with Gasteiger partial charge in [-0.25, -0.2) is 0 Å². The topological polar surface area (TPSA) is 29.5 Å². The molecular weight excluding hydrogens is 270 g/mol. The van der Waals surface area contributed by atoms with Crippen LogP contribution in [0.15, 0.2) is 52.6 Å². The SMILES string of the molecule is CC(=O)N1CCOc2cc(SCC3=CC=C=C3)ccc21. The average Bonchev–Trinajstić information content (AvgIpc) is 2.97. The number of allylic oxidation sites excluding steroid dienone is 2. The highest BCUT2D eigenvalue weighted by atomic mass is 32.2. The molecular formula is C16H15NO2S. The Hall–Kier alpha value is -1.90. The molecule has 0 spiro atoms. The molecule has 1 aromatic carbocycles. The normalized spacial score (nSPS) is 15.8. The minimum atomic E-state index is 0.0577. The standard InChI is InChI=1S/C16H15NO2S/c1-12(18)17-8-9-19-16-10-14(6-7-15(16)17)20-11-13-4-2-3-5-13/h2,4-7,10H,8-9,11H2,1H3. The molecule has 0 atom stereocenters. The zero-order chi connectivity index (χ0) is 13.9. The molecule has 0 N–H and O–H groups in total. The number of anilines is 1. The van der Waals surface area contributed by atoms with Gasteiger partial charge in [-0.15, -0.1) is 17.5 Å². The Morgan fingerprint density at radius 2 is 2.40 bits per heavy atom. The summed E-state index contributed by atoms with van der Waals surface area (Å²) in [7, 11) is 0. The van der Waals surface area contributed by atoms with Gasteiger partial charge in [0, 0.05) is 17.6 Å². The van der Waals surface area contributed by atoms with Crippen molar-refractivity contribution < 1.29 is 9.53 Å². The Bertz CT molecular complexity index is 642. The van der Waals surface area contributed by atoms with E-state index >= 15 is 0 Å². The predicted octanol–water partition coefficient (Wildman–Crippen LogP) is 3.18. The largest absolute Gasteiger partial charge is 0.489 e. The van der Waals surface area contributed by atoms with Crippen LogP contribution < -0.4 is 9.64 Å². The van der Waals surface area contributed by atoms with E-state index in [9.17, 15) is 4.79 Å². The second-order valence-corrected chi connectivity index (χ2v) is 5.71. The zero-order valence-electron chi connectivity index (χ0n) is 11.3. The Kier molecular flexibility index (Phi) is 3.68. The first-order valence-electron chi connectivity index (χ1n) is 6.53. The quantitative estimate of drug-likeness (QED) is 0.631. The monoisotopic (exact) mass is 285 g/mol. The number of nitrogens with zero attached hydrogens (tertiary/aromatic N) is 1. The van der Waals surface area contributed by atoms with E-state index in [1.54, 1.807) is 23.6 Å². The molecule has 0 saturated heterocycles. The summed E-state index contributed by atoms with van der Waals surface area (Å²) in [5.41, 5.74) is 5.19. The van der Waals surface area contributed by atoms with E-state index in [1.165, 1.54) is 5.57 Å². The van der Waals surface area contributed by atoms with Crippen molar-refractivity contribution in [3.8, 4) is 5.75 Å². The van der Waals surface area contributed by atoms with Crippen molar-refractivity contribution in [2.75, 3.05) is 23.8 Å². The van der Waals surface area contributed by atoms with Crippen molar-refractivity contribution in [1.82, 2.24) is 0 Å². The van der Waals surface area contributed by atoms with Gasteiger partial charge in [-0.05, 0) is 42.0 Å². The number of rotatable bonds is 3. The summed E-state index contributed by atoms with van der Waals surface area (Å²) >= 11 is 1.76. The van der Waals surface area contributed by atoms with Gasteiger partial charge in [-0.2, -0.15) is 0 Å². The molecule has 4 heteroatoms. The van der Waals surface area contributed by atoms with Crippen molar-refractivity contribution in [1.29, 1.82) is 0 Å². The van der Waals surface area contributed by atoms with E-state index in [0.29, 0.717) is 13.2 Å². The van der Waals surface area contributed by atoms with Crippen LogP contribution in [0.5, 0.6) is 5.75 Å². The number of hydrogen-bond acceptors (Lipinski definition) is 3. The molecule has 102 valence electrons. The van der Waals surface area contributed by atoms with Crippen LogP contribution in [0.1, 0.15) is 6.92 Å². The molecule has 1 heterocycles. The molecule has 2 aliphatic rings. The van der Waals surface area contributed by atoms with Crippen LogP contribution in [0.4, 0.5) is 5.69 Å². The van der Waals surface area contributed by atoms with E-state index < -0.39 is 0 Å². The number of ether oxygens (including phenoxy) is 1. The van der Waals surface area contributed by atoms with Crippen LogP contribution >= 0.6 is 11.8 Å². The minimum absolute atomic E-state index is 0.0577. The summed E-state index contributed by atoms with van der Waals surface area (Å²) in [6.07, 6.45) is 6.00. The van der Waals surface area contributed by atoms with Crippen LogP contribution in [0, 0.1) is 0 Å². The second-order valence-electron chi connectivity index (χ2n) is 4.66. The lowest BCUT2D eigenvalue weighted by Gasteiger charge is -2.28. The van der Waals surface area contributed by atoms with Gasteiger partial charge >= 0.3 is 0 Å². The maximum absolute atomic E-state index is 11.6. The highest BCUT2D eigenvalue weighted by Gasteiger charge is 2.21. The first-order valence-corrected chi connectivity index (χ1v) is 7.52. The summed E-state index contributed by atoms with van der Waals surface area (Å²) < 4.78 is 5.67. The van der Waals surface area contributed by atoms with Crippen LogP contribution in [0.2, 0.25) is 0 Å². The third-order valence-electron chi connectivity index (χ3n) is 3.24. The molecule has 1 aliphatic carbocycles. The van der Waals surface area contributed by atoms with E-state index in [2.05, 4.69) is 11.8 Å². The smallest absolute Gasteiger partial charge is 0.224 e. The molecule has 0 aromatic heterocycles. The Balaban J connectivity index is 1.75. The average molecular weight is 285 g/mol. The third-order valence-corrected chi connectivity index (χ3v) is 4.31. The Morgan fingerprint density at radius 3 is 3.15 bits per heavy atom. The predicted molar refractivity (Wildman–Crippen MR) is 81.4 cm³/mol. The van der Waals surface area contributed by atoms with Crippen LogP contribution in [-0.2, 0) is 4.79 Å². The fraction of sp³-hybridized carbons (Fsp3) is 0.250. The summed E-state index contributed by atoms with van der Waals surface area (Å²) in [6, 6.07) is 6.03. The van der Waals surface area contributed by atoms with Crippen molar-refractivity contribution in [3.63, 3.8) is 0 Å². The maximum Gasteiger partial charge on any atom is 0.224 e. The number of fused-ring (bicyclic) bond motifs is 1. The summed E-state index contributed by atoms with van der Waals surface area (Å²) in [5.74, 6) is 1.77. The second kappa shape index (κ2) is 5.61. The summed E-state index contributed by atoms with van der Waals surface area (Å²) in [4.78, 5) is 14.5. The van der Waals surface area contributed by atoms with Gasteiger partial charge in [-0.1, -0.05) is 0 Å². The van der Waals surface area contributed by atoms with Crippen LogP contribution in [-0.4, -0.2) is 24.8 Å². The van der Waals surface area contributed by atoms with Crippen molar-refractivity contribution >= 4 is 23.4 Å². The molecule has 20 heavy (non-hydrogen) atoms. The molecule has 1 aromatic rings. The Labute approximate surface area is 122 Å². The van der Waals surface area contributed by atoms with Crippen LogP contribution in [0.3, 0.4) is 0 Å². The fourth-order valence-electron chi connectivity index (χ4n) is 2.23. The van der Waals surface area contributed by atoms with Crippen molar-refractivity contribution in [2.45, 2.75) is 11.8 Å². The van der Waals surface area contributed by atoms with Gasteiger partial charge in [0.25, 0.3) is 0 Å². The van der Waals surface area contributed by atoms with Gasteiger partial charge in [-0.3, -0.25) is 4.79 Å². The van der Waals surface area contributed by atoms with Crippen molar-refractivity contribution in [2.24, 2.45) is 0 Å². The molecule has 0 fully saturated rings.